The number of carbonyl (C=O) groups excluding carboxylic acids is 3. The molecular weight excluding hydrogens is 2060 g/mol. The molecule has 4 aromatic heterocycles. The van der Waals surface area contributed by atoms with Crippen LogP contribution in [0.25, 0.3) is 78.4 Å². The van der Waals surface area contributed by atoms with Crippen LogP contribution in [0.2, 0.25) is 0 Å². The molecule has 8 unspecified atom stereocenters. The number of benzene rings is 6. The number of Topliss-reactive ketones (excluding diaryl/α,β-unsaturated/α-hetero) is 2. The second kappa shape index (κ2) is 79.1. The van der Waals surface area contributed by atoms with Gasteiger partial charge in [-0.2, -0.15) is 18.5 Å². The van der Waals surface area contributed by atoms with Gasteiger partial charge in [0, 0.05) is 32.2 Å². The number of hydrogen-bond donors (Lipinski definition) is 5. The van der Waals surface area contributed by atoms with Crippen molar-refractivity contribution in [2.75, 3.05) is 11.9 Å². The fraction of sp³-hybridized carbons (Fsp3) is 0.0256. The van der Waals surface area contributed by atoms with E-state index >= 15 is 0 Å². The Labute approximate surface area is 790 Å². The van der Waals surface area contributed by atoms with E-state index in [4.69, 9.17) is 49.3 Å². The van der Waals surface area contributed by atoms with Crippen LogP contribution in [0.15, 0.2) is 217 Å². The Bertz CT molecular complexity index is 4030. The van der Waals surface area contributed by atoms with E-state index in [0.717, 1.165) is 112 Å². The van der Waals surface area contributed by atoms with Crippen molar-refractivity contribution in [3.05, 3.63) is 340 Å². The Hall–Kier alpha value is -2.36. The van der Waals surface area contributed by atoms with Gasteiger partial charge in [-0.25, -0.2) is 64.4 Å². The maximum atomic E-state index is 12.1. The molecule has 0 aliphatic rings. The van der Waals surface area contributed by atoms with Crippen LogP contribution >= 0.6 is 85.9 Å². The van der Waals surface area contributed by atoms with Crippen molar-refractivity contribution < 1.29 is 199 Å². The average Bonchev–Trinajstić information content (AvgIpc) is 1.42. The molecule has 4 heterocycles. The Morgan fingerprint density at radius 3 is 0.745 bits per heavy atom. The Morgan fingerprint density at radius 2 is 0.564 bits per heavy atom. The minimum atomic E-state index is -0.863. The van der Waals surface area contributed by atoms with Gasteiger partial charge in [0.15, 0.2) is 18.2 Å². The van der Waals surface area contributed by atoms with Crippen LogP contribution in [-0.4, -0.2) is 79.9 Å². The molecule has 110 heavy (non-hydrogen) atoms. The van der Waals surface area contributed by atoms with Crippen LogP contribution < -0.4 is 22.3 Å². The number of hydrogen-bond acceptors (Lipinski definition) is 9. The Morgan fingerprint density at radius 1 is 0.364 bits per heavy atom. The number of carbonyl (C=O) groups is 4. The summed E-state index contributed by atoms with van der Waals surface area (Å²) in [4.78, 5) is 75.0. The van der Waals surface area contributed by atoms with E-state index in [1.807, 2.05) is 79.3 Å². The first kappa shape index (κ1) is 137. The van der Waals surface area contributed by atoms with Gasteiger partial charge < -0.3 is 142 Å². The summed E-state index contributed by atoms with van der Waals surface area (Å²) in [6.07, 6.45) is 7.30. The van der Waals surface area contributed by atoms with E-state index in [0.29, 0.717) is 45.2 Å². The van der Waals surface area contributed by atoms with E-state index in [-0.39, 0.29) is 264 Å². The number of aromatic amines is 4. The van der Waals surface area contributed by atoms with Crippen molar-refractivity contribution in [3.8, 4) is 78.4 Å². The van der Waals surface area contributed by atoms with Crippen LogP contribution in [0.5, 0.6) is 0 Å². The van der Waals surface area contributed by atoms with E-state index in [1.54, 1.807) is 41.6 Å². The first-order valence-corrected chi connectivity index (χ1v) is 36.3. The topological polar surface area (TPSA) is 212 Å². The van der Waals surface area contributed by atoms with Crippen molar-refractivity contribution in [2.24, 2.45) is 0 Å². The summed E-state index contributed by atoms with van der Waals surface area (Å²) in [5.41, 5.74) is 18.1. The van der Waals surface area contributed by atoms with Gasteiger partial charge in [-0.3, -0.25) is 21.2 Å². The summed E-state index contributed by atoms with van der Waals surface area (Å²) in [6.45, 7) is 40.8. The minimum absolute atomic E-state index is 0. The zero-order valence-corrected chi connectivity index (χ0v) is 85.6. The summed E-state index contributed by atoms with van der Waals surface area (Å²) in [5.74, 6) is 11.4. The molecule has 0 aliphatic heterocycles. The first-order chi connectivity index (χ1) is 45.2. The molecule has 8 atom stereocenters. The van der Waals surface area contributed by atoms with Gasteiger partial charge in [0.1, 0.15) is 22.3 Å². The number of imidazole rings is 4. The molecular formula is C78H87BrN8O6P8V8W. The maximum absolute atomic E-state index is 12.1. The number of halogens is 1. The number of H-pyrrole nitrogens is 4. The number of alkyl halides is 1. The molecule has 0 fully saturated rings. The molecule has 6 aromatic carbocycles. The molecule has 5 N–H and O–H groups in total. The molecule has 10 rings (SSSR count). The largest absolute Gasteiger partial charge is 2.00 e. The molecule has 0 saturated heterocycles. The number of ether oxygens (including phenoxy) is 1. The van der Waals surface area contributed by atoms with Gasteiger partial charge in [0.05, 0.1) is 52.9 Å². The zero-order valence-electron chi connectivity index (χ0n) is 61.6. The zero-order chi connectivity index (χ0) is 67.3. The predicted octanol–water partition coefficient (Wildman–Crippen LogP) is 20.6. The van der Waals surface area contributed by atoms with E-state index in [1.165, 1.54) is 17.5 Å². The number of aromatic nitrogens is 8. The molecule has 0 aliphatic carbocycles. The predicted molar refractivity (Wildman–Crippen MR) is 458 cm³/mol. The third kappa shape index (κ3) is 48.4. The van der Waals surface area contributed by atoms with Gasteiger partial charge in [0.25, 0.3) is 0 Å². The van der Waals surface area contributed by atoms with E-state index < -0.39 is 11.4 Å². The van der Waals surface area contributed by atoms with Gasteiger partial charge in [-0.15, -0.1) is 0 Å². The second-order valence-electron chi connectivity index (χ2n) is 18.2. The minimum Gasteiger partial charge on any atom is -0.514 e. The second-order valence-corrected chi connectivity index (χ2v) is 26.0. The summed E-state index contributed by atoms with van der Waals surface area (Å²) < 4.78 is 4.88. The molecule has 568 valence electrons. The molecule has 0 spiro atoms. The number of nitrogens with one attached hydrogen (secondary N) is 4. The van der Waals surface area contributed by atoms with Gasteiger partial charge >= 0.3 is 160 Å². The van der Waals surface area contributed by atoms with Crippen molar-refractivity contribution in [2.45, 2.75) is 0 Å². The molecule has 0 amide bonds. The Balaban J connectivity index is -0.000000101. The molecule has 0 bridgehead atoms. The SMILES string of the molecule is [CH-]=CP.[CH-]=CP.[CH-]=CPC(=O)O.[CH-]=CPC(=O)OCC(=O)c1ccc(-c2ccc(-c3cnc(PC=[CH-])[nH]3)cc2)cc1.[CH-]=CPc1ncc(-c2ccc(-c3ccc(-c4cnc(PC=[CH-])[nH]4)cc3)cc2)[nH]1.[CH-]=CPc1ncc(-c2ccc(-c3ccc(C(=O)CBr)cc3)cc2)[nH]1.[CH3-].[CH3-].[CH3-].[CH3-].[CH3-].[CH3-].[CH3-].[CH3-].[V+2].[V+2].[V+2].[V+2].[V+2].[V+2].[V+2].[V+2].[W]. The van der Waals surface area contributed by atoms with Crippen molar-refractivity contribution in [1.82, 2.24) is 39.9 Å². The molecule has 14 nitrogen and oxygen atoms in total. The number of nitrogens with zero attached hydrogens (tertiary/aromatic N) is 4. The van der Waals surface area contributed by atoms with E-state index in [2.05, 4.69) is 160 Å². The smallest absolute Gasteiger partial charge is 0.514 e. The fourth-order valence-corrected chi connectivity index (χ4v) is 10.8. The molecule has 10 aromatic rings. The number of carboxylic acid groups (broad SMARTS) is 1. The summed E-state index contributed by atoms with van der Waals surface area (Å²) in [7, 11) is 5.45. The summed E-state index contributed by atoms with van der Waals surface area (Å²) in [5, 5.41) is 8.16. The monoisotopic (exact) mass is 2150 g/mol. The van der Waals surface area contributed by atoms with Crippen molar-refractivity contribution in [1.29, 1.82) is 0 Å². The summed E-state index contributed by atoms with van der Waals surface area (Å²) >= 11 is 3.19. The van der Waals surface area contributed by atoms with Gasteiger partial charge in [-0.1, -0.05) is 196 Å². The molecule has 0 saturated carbocycles. The quantitative estimate of drug-likeness (QED) is 0.0167. The fourth-order valence-electron chi connectivity index (χ4n) is 8.02. The number of rotatable bonds is 24. The van der Waals surface area contributed by atoms with Crippen LogP contribution in [0, 0.1) is 112 Å². The van der Waals surface area contributed by atoms with Gasteiger partial charge in [-0.05, 0) is 72.8 Å². The average molecular weight is 2150 g/mol. The van der Waals surface area contributed by atoms with Crippen molar-refractivity contribution >= 4 is 131 Å². The Kier molecular flexibility index (Phi) is 98.3. The summed E-state index contributed by atoms with van der Waals surface area (Å²) in [6, 6.07) is 48.0. The van der Waals surface area contributed by atoms with Crippen molar-refractivity contribution in [3.63, 3.8) is 0 Å². The number of ketones is 2. The maximum Gasteiger partial charge on any atom is 2.00 e. The van der Waals surface area contributed by atoms with Crippen LogP contribution in [-0.2, 0) is 174 Å². The molecule has 32 heteroatoms. The van der Waals surface area contributed by atoms with E-state index in [9.17, 15) is 19.2 Å². The van der Waals surface area contributed by atoms with Crippen LogP contribution in [0.4, 0.5) is 9.59 Å². The van der Waals surface area contributed by atoms with Gasteiger partial charge in [0.2, 0.25) is 0 Å². The third-order valence-electron chi connectivity index (χ3n) is 12.2. The van der Waals surface area contributed by atoms with Crippen LogP contribution in [0.1, 0.15) is 20.7 Å². The third-order valence-corrected chi connectivity index (χ3v) is 16.5. The molecule has 8 radical (unpaired) electrons. The standard InChI is InChI=1S/C22H18N4P2.C22H18N2O3P2.C19H15BrN2OP.C3H4O2P.2C2H4P.8CH3.8V.W/c1-3-27-21-23-13-19(25-21)17-9-5-15(6-10-17)16-7-11-18(12-8-16)20-14-24-22(26-20)28-4-2;1-3-28-21-23-13-19(24-21)17-9-5-15(6-10-17)16-7-11-18(12-8-16)20(25)14-27-22(26)29-4-2;1-2-24-19-21-12-17(22-19)15-7-3-13(4-8-15)14-5-9-16(10-6-14)18(23)11-20;1-2-6-3(4)5;2*1-2-3;;;;;;;;;;;;;;;;;/h1-14,27-28H,(H,23,25)(H,24,26);1-13,28-29H,14H2,(H,23,24);1-10,12,24H,11H2,(H,21,22);1-2,6H,(H,4,5);2*1-2H,3H2;8*1H3;;;;;;;;;/q2*-2;12*-1;8*+2;. The first-order valence-electron chi connectivity index (χ1n) is 27.3. The van der Waals surface area contributed by atoms with Crippen LogP contribution in [0.3, 0.4) is 0 Å². The normalized spacial score (nSPS) is 9.05.